The van der Waals surface area contributed by atoms with Crippen LogP contribution in [0.4, 0.5) is 17.1 Å². The summed E-state index contributed by atoms with van der Waals surface area (Å²) in [5, 5.41) is 9.84. The van der Waals surface area contributed by atoms with E-state index in [0.29, 0.717) is 0 Å². The zero-order valence-corrected chi connectivity index (χ0v) is 23.9. The number of para-hydroxylation sites is 1. The van der Waals surface area contributed by atoms with E-state index in [0.717, 1.165) is 39.0 Å². The third-order valence-corrected chi connectivity index (χ3v) is 8.84. The first-order valence-corrected chi connectivity index (χ1v) is 15.0. The van der Waals surface area contributed by atoms with Gasteiger partial charge in [0.05, 0.1) is 0 Å². The minimum Gasteiger partial charge on any atom is -0.456 e. The summed E-state index contributed by atoms with van der Waals surface area (Å²) in [7, 11) is 0. The molecule has 0 N–H and O–H groups in total. The number of furan rings is 1. The van der Waals surface area contributed by atoms with Gasteiger partial charge in [-0.2, -0.15) is 0 Å². The molecule has 1 heterocycles. The van der Waals surface area contributed by atoms with E-state index in [9.17, 15) is 0 Å². The molecule has 44 heavy (non-hydrogen) atoms. The molecule has 0 saturated heterocycles. The number of nitrogens with zero attached hydrogens (tertiary/aromatic N) is 1. The fraction of sp³-hybridized carbons (Fsp3) is 0. The van der Waals surface area contributed by atoms with E-state index < -0.39 is 0 Å². The number of hydrogen-bond acceptors (Lipinski definition) is 2. The summed E-state index contributed by atoms with van der Waals surface area (Å²) in [6, 6.07) is 58.6. The second-order valence-electron chi connectivity index (χ2n) is 11.4. The molecule has 0 saturated carbocycles. The average Bonchev–Trinajstić information content (AvgIpc) is 3.47. The van der Waals surface area contributed by atoms with Crippen molar-refractivity contribution in [2.45, 2.75) is 0 Å². The Hall–Kier alpha value is -5.86. The molecular weight excluding hydrogens is 534 g/mol. The Labute approximate surface area is 255 Å². The molecule has 9 aromatic rings. The van der Waals surface area contributed by atoms with E-state index in [-0.39, 0.29) is 0 Å². The molecule has 0 bridgehead atoms. The van der Waals surface area contributed by atoms with Crippen LogP contribution in [0.5, 0.6) is 0 Å². The molecule has 0 aliphatic rings. The number of benzene rings is 8. The lowest BCUT2D eigenvalue weighted by molar-refractivity contribution is 0.669. The predicted octanol–water partition coefficient (Wildman–Crippen LogP) is 12.2. The van der Waals surface area contributed by atoms with E-state index >= 15 is 0 Å². The Morgan fingerprint density at radius 1 is 0.318 bits per heavy atom. The van der Waals surface area contributed by atoms with Gasteiger partial charge in [-0.1, -0.05) is 115 Å². The van der Waals surface area contributed by atoms with Gasteiger partial charge in [0.25, 0.3) is 0 Å². The van der Waals surface area contributed by atoms with Crippen molar-refractivity contribution in [3.63, 3.8) is 0 Å². The molecule has 206 valence electrons. The highest BCUT2D eigenvalue weighted by Crippen LogP contribution is 2.41. The fourth-order valence-electron chi connectivity index (χ4n) is 6.69. The van der Waals surface area contributed by atoms with Gasteiger partial charge in [-0.3, -0.25) is 0 Å². The lowest BCUT2D eigenvalue weighted by atomic mass is 9.96. The van der Waals surface area contributed by atoms with Gasteiger partial charge in [0.1, 0.15) is 11.2 Å². The zero-order chi connectivity index (χ0) is 29.0. The minimum atomic E-state index is 0.883. The predicted molar refractivity (Wildman–Crippen MR) is 186 cm³/mol. The maximum Gasteiger partial charge on any atom is 0.137 e. The van der Waals surface area contributed by atoms with Crippen LogP contribution in [0.3, 0.4) is 0 Å². The normalized spacial score (nSPS) is 11.6. The molecule has 0 radical (unpaired) electrons. The van der Waals surface area contributed by atoms with Crippen LogP contribution in [0.1, 0.15) is 0 Å². The summed E-state index contributed by atoms with van der Waals surface area (Å²) in [4.78, 5) is 2.32. The van der Waals surface area contributed by atoms with Crippen molar-refractivity contribution >= 4 is 71.3 Å². The van der Waals surface area contributed by atoms with Gasteiger partial charge < -0.3 is 9.32 Å². The molecule has 2 nitrogen and oxygen atoms in total. The summed E-state index contributed by atoms with van der Waals surface area (Å²) in [6.07, 6.45) is 0. The second kappa shape index (κ2) is 9.86. The summed E-state index contributed by atoms with van der Waals surface area (Å²) in [5.41, 5.74) is 7.43. The minimum absolute atomic E-state index is 0.883. The first-order chi connectivity index (χ1) is 21.8. The third kappa shape index (κ3) is 3.96. The molecule has 0 aliphatic heterocycles. The van der Waals surface area contributed by atoms with Crippen LogP contribution < -0.4 is 4.90 Å². The molecule has 0 amide bonds. The molecule has 0 unspecified atom stereocenters. The second-order valence-corrected chi connectivity index (χ2v) is 11.4. The van der Waals surface area contributed by atoms with Gasteiger partial charge >= 0.3 is 0 Å². The summed E-state index contributed by atoms with van der Waals surface area (Å²) < 4.78 is 6.32. The fourth-order valence-corrected chi connectivity index (χ4v) is 6.69. The van der Waals surface area contributed by atoms with E-state index in [1.54, 1.807) is 0 Å². The lowest BCUT2D eigenvalue weighted by Gasteiger charge is -2.26. The van der Waals surface area contributed by atoms with E-state index in [1.807, 2.05) is 12.1 Å². The van der Waals surface area contributed by atoms with E-state index in [1.165, 1.54) is 43.4 Å². The van der Waals surface area contributed by atoms with Crippen molar-refractivity contribution in [3.05, 3.63) is 164 Å². The zero-order valence-electron chi connectivity index (χ0n) is 23.9. The topological polar surface area (TPSA) is 16.4 Å². The van der Waals surface area contributed by atoms with Gasteiger partial charge in [-0.15, -0.1) is 0 Å². The standard InChI is InChI=1S/C42H27NO/c1-2-8-28(9-3-1)29-14-18-32(19-15-29)43(34-21-25-40-39-12-6-7-13-41(39)44-42(40)27-34)33-20-24-36-31(26-33)17-23-37-35-11-5-4-10-30(35)16-22-38(36)37/h1-27H. The third-order valence-electron chi connectivity index (χ3n) is 8.84. The molecule has 0 atom stereocenters. The Morgan fingerprint density at radius 2 is 0.864 bits per heavy atom. The Bertz CT molecular complexity index is 2490. The lowest BCUT2D eigenvalue weighted by Crippen LogP contribution is -2.09. The van der Waals surface area contributed by atoms with Gasteiger partial charge in [-0.05, 0) is 85.9 Å². The molecule has 2 heteroatoms. The highest BCUT2D eigenvalue weighted by molar-refractivity contribution is 6.17. The molecule has 0 spiro atoms. The van der Waals surface area contributed by atoms with Crippen molar-refractivity contribution < 1.29 is 4.42 Å². The maximum atomic E-state index is 6.32. The van der Waals surface area contributed by atoms with Crippen LogP contribution in [0.25, 0.3) is 65.4 Å². The van der Waals surface area contributed by atoms with Gasteiger partial charge in [0.2, 0.25) is 0 Å². The highest BCUT2D eigenvalue weighted by Gasteiger charge is 2.17. The number of anilines is 3. The van der Waals surface area contributed by atoms with Gasteiger partial charge in [0.15, 0.2) is 0 Å². The Balaban J connectivity index is 1.22. The Morgan fingerprint density at radius 3 is 1.68 bits per heavy atom. The Kier molecular flexibility index (Phi) is 5.54. The molecule has 0 fully saturated rings. The van der Waals surface area contributed by atoms with Crippen molar-refractivity contribution in [1.82, 2.24) is 0 Å². The molecule has 1 aromatic heterocycles. The van der Waals surface area contributed by atoms with Crippen LogP contribution in [0.2, 0.25) is 0 Å². The number of fused-ring (bicyclic) bond motifs is 8. The maximum absolute atomic E-state index is 6.32. The summed E-state index contributed by atoms with van der Waals surface area (Å²) in [5.74, 6) is 0. The first-order valence-electron chi connectivity index (χ1n) is 15.0. The summed E-state index contributed by atoms with van der Waals surface area (Å²) >= 11 is 0. The van der Waals surface area contributed by atoms with Crippen molar-refractivity contribution in [2.24, 2.45) is 0 Å². The largest absolute Gasteiger partial charge is 0.456 e. The van der Waals surface area contributed by atoms with Crippen LogP contribution in [-0.2, 0) is 0 Å². The van der Waals surface area contributed by atoms with Crippen molar-refractivity contribution in [2.75, 3.05) is 4.90 Å². The molecular formula is C42H27NO. The SMILES string of the molecule is c1ccc(-c2ccc(N(c3ccc4c(ccc5c6ccccc6ccc45)c3)c3ccc4c(c3)oc3ccccc34)cc2)cc1. The molecule has 8 aromatic carbocycles. The highest BCUT2D eigenvalue weighted by atomic mass is 16.3. The molecule has 0 aliphatic carbocycles. The average molecular weight is 562 g/mol. The van der Waals surface area contributed by atoms with Crippen LogP contribution in [-0.4, -0.2) is 0 Å². The van der Waals surface area contributed by atoms with E-state index in [4.69, 9.17) is 4.42 Å². The smallest absolute Gasteiger partial charge is 0.137 e. The number of hydrogen-bond donors (Lipinski definition) is 0. The van der Waals surface area contributed by atoms with Gasteiger partial charge in [0, 0.05) is 33.9 Å². The first kappa shape index (κ1) is 24.7. The van der Waals surface area contributed by atoms with Crippen molar-refractivity contribution in [3.8, 4) is 11.1 Å². The quantitative estimate of drug-likeness (QED) is 0.199. The number of rotatable bonds is 4. The van der Waals surface area contributed by atoms with Gasteiger partial charge in [-0.25, -0.2) is 0 Å². The summed E-state index contributed by atoms with van der Waals surface area (Å²) in [6.45, 7) is 0. The van der Waals surface area contributed by atoms with Crippen LogP contribution in [0, 0.1) is 0 Å². The van der Waals surface area contributed by atoms with Crippen molar-refractivity contribution in [1.29, 1.82) is 0 Å². The monoisotopic (exact) mass is 561 g/mol. The van der Waals surface area contributed by atoms with E-state index in [2.05, 4.69) is 157 Å². The van der Waals surface area contributed by atoms with Crippen LogP contribution >= 0.6 is 0 Å². The molecule has 9 rings (SSSR count). The van der Waals surface area contributed by atoms with Crippen LogP contribution in [0.15, 0.2) is 168 Å².